The first-order valence-corrected chi connectivity index (χ1v) is 7.76. The predicted molar refractivity (Wildman–Crippen MR) is 84.9 cm³/mol. The molecule has 0 aromatic heterocycles. The molecule has 0 bridgehead atoms. The summed E-state index contributed by atoms with van der Waals surface area (Å²) in [4.78, 5) is 0. The van der Waals surface area contributed by atoms with Crippen LogP contribution in [0.2, 0.25) is 5.02 Å². The maximum Gasteiger partial charge on any atom is 0.164 e. The van der Waals surface area contributed by atoms with E-state index >= 15 is 0 Å². The number of hydrogen-bond acceptors (Lipinski definition) is 1. The van der Waals surface area contributed by atoms with Crippen molar-refractivity contribution in [3.05, 3.63) is 63.3 Å². The van der Waals surface area contributed by atoms with E-state index in [1.807, 2.05) is 0 Å². The lowest BCUT2D eigenvalue weighted by molar-refractivity contribution is 0.373. The fourth-order valence-corrected chi connectivity index (χ4v) is 3.02. The minimum Gasteiger partial charge on any atom is -0.380 e. The van der Waals surface area contributed by atoms with Crippen molar-refractivity contribution in [2.45, 2.75) is 24.8 Å². The smallest absolute Gasteiger partial charge is 0.164 e. The lowest BCUT2D eigenvalue weighted by Crippen LogP contribution is -2.34. The maximum atomic E-state index is 13.8. The number of halogens is 3. The summed E-state index contributed by atoms with van der Waals surface area (Å²) in [6.07, 6.45) is 2.04. The lowest BCUT2D eigenvalue weighted by Gasteiger charge is -2.37. The molecule has 1 aliphatic rings. The highest BCUT2D eigenvalue weighted by Gasteiger charge is 2.30. The zero-order valence-corrected chi connectivity index (χ0v) is 13.1. The Kier molecular flexibility index (Phi) is 3.99. The number of hydrogen-bond donors (Lipinski definition) is 1. The molecule has 1 nitrogen and oxygen atoms in total. The topological polar surface area (TPSA) is 12.0 Å². The van der Waals surface area contributed by atoms with Crippen molar-refractivity contribution in [3.63, 3.8) is 0 Å². The molecule has 1 saturated carbocycles. The largest absolute Gasteiger partial charge is 0.380 e. The monoisotopic (exact) mass is 353 g/mol. The van der Waals surface area contributed by atoms with E-state index < -0.39 is 0 Å². The summed E-state index contributed by atoms with van der Waals surface area (Å²) >= 11 is 9.22. The summed E-state index contributed by atoms with van der Waals surface area (Å²) in [5.74, 6) is 0.198. The highest BCUT2D eigenvalue weighted by molar-refractivity contribution is 9.10. The Morgan fingerprint density at radius 2 is 1.80 bits per heavy atom. The van der Waals surface area contributed by atoms with Crippen LogP contribution in [0.3, 0.4) is 0 Å². The van der Waals surface area contributed by atoms with Gasteiger partial charge in [-0.2, -0.15) is 0 Å². The zero-order valence-electron chi connectivity index (χ0n) is 10.7. The number of benzene rings is 2. The second-order valence-electron chi connectivity index (χ2n) is 5.16. The van der Waals surface area contributed by atoms with Crippen LogP contribution >= 0.6 is 27.5 Å². The molecular weight excluding hydrogens is 341 g/mol. The molecule has 0 saturated heterocycles. The lowest BCUT2D eigenvalue weighted by atomic mass is 9.76. The number of rotatable bonds is 3. The third-order valence-electron chi connectivity index (χ3n) is 3.79. The third-order valence-corrected chi connectivity index (χ3v) is 4.61. The Morgan fingerprint density at radius 1 is 1.10 bits per heavy atom. The van der Waals surface area contributed by atoms with Crippen molar-refractivity contribution in [3.8, 4) is 0 Å². The van der Waals surface area contributed by atoms with Gasteiger partial charge in [0.25, 0.3) is 0 Å². The van der Waals surface area contributed by atoms with Gasteiger partial charge in [0.15, 0.2) is 5.82 Å². The molecule has 1 N–H and O–H groups in total. The second kappa shape index (κ2) is 5.74. The van der Waals surface area contributed by atoms with Crippen LogP contribution in [0.25, 0.3) is 0 Å². The summed E-state index contributed by atoms with van der Waals surface area (Å²) in [6, 6.07) is 13.8. The van der Waals surface area contributed by atoms with E-state index in [0.29, 0.717) is 17.6 Å². The molecule has 0 heterocycles. The molecule has 3 rings (SSSR count). The third kappa shape index (κ3) is 2.84. The van der Waals surface area contributed by atoms with Gasteiger partial charge in [-0.1, -0.05) is 45.7 Å². The van der Waals surface area contributed by atoms with Crippen molar-refractivity contribution in [2.75, 3.05) is 5.32 Å². The minimum absolute atomic E-state index is 0.166. The van der Waals surface area contributed by atoms with Gasteiger partial charge in [-0.3, -0.25) is 0 Å². The fraction of sp³-hybridized carbons (Fsp3) is 0.250. The number of nitrogens with one attached hydrogen (secondary N) is 1. The number of anilines is 1. The SMILES string of the molecule is Fc1c(Cl)cccc1NC1CC(c2ccc(Br)cc2)C1. The summed E-state index contributed by atoms with van der Waals surface area (Å²) in [5, 5.41) is 3.40. The van der Waals surface area contributed by atoms with Gasteiger partial charge < -0.3 is 5.32 Å². The highest BCUT2D eigenvalue weighted by atomic mass is 79.9. The van der Waals surface area contributed by atoms with Gasteiger partial charge in [0.1, 0.15) is 0 Å². The molecule has 0 atom stereocenters. The van der Waals surface area contributed by atoms with Crippen LogP contribution in [0.4, 0.5) is 10.1 Å². The molecule has 20 heavy (non-hydrogen) atoms. The van der Waals surface area contributed by atoms with Crippen LogP contribution in [0.1, 0.15) is 24.3 Å². The van der Waals surface area contributed by atoms with Gasteiger partial charge in [0, 0.05) is 10.5 Å². The van der Waals surface area contributed by atoms with Crippen molar-refractivity contribution in [1.29, 1.82) is 0 Å². The first-order chi connectivity index (χ1) is 9.63. The second-order valence-corrected chi connectivity index (χ2v) is 6.49. The maximum absolute atomic E-state index is 13.8. The molecule has 0 aliphatic heterocycles. The molecule has 0 unspecified atom stereocenters. The van der Waals surface area contributed by atoms with Crippen molar-refractivity contribution in [2.24, 2.45) is 0 Å². The fourth-order valence-electron chi connectivity index (χ4n) is 2.58. The van der Waals surface area contributed by atoms with E-state index in [1.165, 1.54) is 5.56 Å². The van der Waals surface area contributed by atoms with Crippen molar-refractivity contribution in [1.82, 2.24) is 0 Å². The molecule has 1 fully saturated rings. The van der Waals surface area contributed by atoms with Gasteiger partial charge in [-0.05, 0) is 48.6 Å². The van der Waals surface area contributed by atoms with Gasteiger partial charge in [0.2, 0.25) is 0 Å². The molecule has 4 heteroatoms. The molecule has 104 valence electrons. The summed E-state index contributed by atoms with van der Waals surface area (Å²) in [7, 11) is 0. The highest BCUT2D eigenvalue weighted by Crippen LogP contribution is 2.39. The van der Waals surface area contributed by atoms with Gasteiger partial charge in [0.05, 0.1) is 10.7 Å². The minimum atomic E-state index is -0.360. The van der Waals surface area contributed by atoms with E-state index in [4.69, 9.17) is 11.6 Å². The van der Waals surface area contributed by atoms with Gasteiger partial charge in [-0.15, -0.1) is 0 Å². The van der Waals surface area contributed by atoms with Crippen LogP contribution < -0.4 is 5.32 Å². The Bertz CT molecular complexity index is 608. The van der Waals surface area contributed by atoms with Crippen LogP contribution in [-0.2, 0) is 0 Å². The Labute approximate surface area is 131 Å². The average molecular weight is 355 g/mol. The van der Waals surface area contributed by atoms with Gasteiger partial charge >= 0.3 is 0 Å². The van der Waals surface area contributed by atoms with Crippen LogP contribution in [-0.4, -0.2) is 6.04 Å². The molecule has 0 spiro atoms. The Hall–Kier alpha value is -1.06. The first kappa shape index (κ1) is 13.9. The summed E-state index contributed by atoms with van der Waals surface area (Å²) in [5.41, 5.74) is 1.84. The van der Waals surface area contributed by atoms with Crippen LogP contribution in [0.15, 0.2) is 46.9 Å². The summed E-state index contributed by atoms with van der Waals surface area (Å²) < 4.78 is 14.9. The van der Waals surface area contributed by atoms with Crippen LogP contribution in [0.5, 0.6) is 0 Å². The normalized spacial score (nSPS) is 21.4. The molecule has 2 aromatic rings. The zero-order chi connectivity index (χ0) is 14.1. The van der Waals surface area contributed by atoms with E-state index in [1.54, 1.807) is 18.2 Å². The van der Waals surface area contributed by atoms with E-state index in [9.17, 15) is 4.39 Å². The Morgan fingerprint density at radius 3 is 2.50 bits per heavy atom. The predicted octanol–water partition coefficient (Wildman–Crippen LogP) is 5.60. The quantitative estimate of drug-likeness (QED) is 0.756. The average Bonchev–Trinajstić information content (AvgIpc) is 2.39. The van der Waals surface area contributed by atoms with Crippen LogP contribution in [0, 0.1) is 5.82 Å². The van der Waals surface area contributed by atoms with Gasteiger partial charge in [-0.25, -0.2) is 4.39 Å². The molecular formula is C16H14BrClFN. The Balaban J connectivity index is 1.61. The standard InChI is InChI=1S/C16H14BrClFN/c17-12-6-4-10(5-7-12)11-8-13(9-11)20-15-3-1-2-14(18)16(15)19/h1-7,11,13,20H,8-9H2. The summed E-state index contributed by atoms with van der Waals surface area (Å²) in [6.45, 7) is 0. The van der Waals surface area contributed by atoms with E-state index in [0.717, 1.165) is 17.3 Å². The molecule has 2 aromatic carbocycles. The van der Waals surface area contributed by atoms with E-state index in [-0.39, 0.29) is 10.8 Å². The van der Waals surface area contributed by atoms with Crippen molar-refractivity contribution < 1.29 is 4.39 Å². The molecule has 0 radical (unpaired) electrons. The van der Waals surface area contributed by atoms with E-state index in [2.05, 4.69) is 45.5 Å². The molecule has 0 amide bonds. The first-order valence-electron chi connectivity index (χ1n) is 6.59. The molecule has 1 aliphatic carbocycles. The van der Waals surface area contributed by atoms with Crippen molar-refractivity contribution >= 4 is 33.2 Å².